The molecule has 34 heavy (non-hydrogen) atoms. The van der Waals surface area contributed by atoms with Crippen LogP contribution < -0.4 is 4.74 Å². The first-order valence-electron chi connectivity index (χ1n) is 11.0. The smallest absolute Gasteiger partial charge is 0.220 e. The minimum Gasteiger partial charge on any atom is -0.489 e. The molecule has 4 rings (SSSR count). The zero-order valence-corrected chi connectivity index (χ0v) is 20.2. The van der Waals surface area contributed by atoms with Crippen molar-refractivity contribution in [2.75, 3.05) is 6.54 Å². The highest BCUT2D eigenvalue weighted by Gasteiger charge is 2.24. The minimum atomic E-state index is -0.424. The van der Waals surface area contributed by atoms with E-state index in [-0.39, 0.29) is 11.5 Å². The summed E-state index contributed by atoms with van der Waals surface area (Å²) in [4.78, 5) is 11.2. The Bertz CT molecular complexity index is 1270. The predicted molar refractivity (Wildman–Crippen MR) is 133 cm³/mol. The molecule has 0 spiro atoms. The lowest BCUT2D eigenvalue weighted by Gasteiger charge is -2.15. The maximum absolute atomic E-state index is 11.5. The van der Waals surface area contributed by atoms with E-state index >= 15 is 0 Å². The first kappa shape index (κ1) is 23.5. The normalized spacial score (nSPS) is 11.9. The number of ether oxygens (including phenoxy) is 1. The average molecular weight is 475 g/mol. The molecule has 0 aliphatic carbocycles. The molecule has 7 nitrogen and oxygen atoms in total. The summed E-state index contributed by atoms with van der Waals surface area (Å²) in [7, 11) is 0. The third kappa shape index (κ3) is 5.63. The van der Waals surface area contributed by atoms with Crippen LogP contribution in [0.1, 0.15) is 33.3 Å². The lowest BCUT2D eigenvalue weighted by Crippen LogP contribution is -2.11. The van der Waals surface area contributed by atoms with Crippen molar-refractivity contribution >= 4 is 11.8 Å². The Hall–Kier alpha value is -3.65. The summed E-state index contributed by atoms with van der Waals surface area (Å²) in [6, 6.07) is 23.5. The fraction of sp³-hybridized carbons (Fsp3) is 0.231. The fourth-order valence-corrected chi connectivity index (χ4v) is 4.75. The fourth-order valence-electron chi connectivity index (χ4n) is 3.57. The molecule has 0 saturated heterocycles. The van der Waals surface area contributed by atoms with E-state index in [0.717, 1.165) is 28.2 Å². The second-order valence-electron chi connectivity index (χ2n) is 8.10. The van der Waals surface area contributed by atoms with Crippen molar-refractivity contribution in [2.45, 2.75) is 37.8 Å². The summed E-state index contributed by atoms with van der Waals surface area (Å²) in [6.07, 6.45) is 0. The molecule has 0 radical (unpaired) electrons. The highest BCUT2D eigenvalue weighted by Crippen LogP contribution is 2.36. The van der Waals surface area contributed by atoms with Crippen LogP contribution in [-0.2, 0) is 6.61 Å². The SMILES string of the molecule is Cc1ccc(-n2c(C)nnc2S[C@@H](C[N+](=O)[O-])c2ccc(OCc3ccccc3)cc2)cc1C. The van der Waals surface area contributed by atoms with Crippen LogP contribution in [0.4, 0.5) is 0 Å². The van der Waals surface area contributed by atoms with Crippen molar-refractivity contribution in [2.24, 2.45) is 0 Å². The summed E-state index contributed by atoms with van der Waals surface area (Å²) < 4.78 is 7.81. The molecule has 3 aromatic carbocycles. The van der Waals surface area contributed by atoms with Gasteiger partial charge < -0.3 is 4.74 Å². The number of thioether (sulfide) groups is 1. The van der Waals surface area contributed by atoms with Crippen LogP contribution in [0.3, 0.4) is 0 Å². The summed E-state index contributed by atoms with van der Waals surface area (Å²) in [6.45, 7) is 6.24. The van der Waals surface area contributed by atoms with E-state index in [1.807, 2.05) is 72.2 Å². The Kier molecular flexibility index (Phi) is 7.27. The molecule has 0 aliphatic heterocycles. The van der Waals surface area contributed by atoms with Gasteiger partial charge in [-0.05, 0) is 67.3 Å². The van der Waals surface area contributed by atoms with Gasteiger partial charge in [0.2, 0.25) is 6.54 Å². The molecule has 0 aliphatic rings. The molecular weight excluding hydrogens is 448 g/mol. The molecule has 4 aromatic rings. The zero-order valence-electron chi connectivity index (χ0n) is 19.3. The van der Waals surface area contributed by atoms with Gasteiger partial charge >= 0.3 is 0 Å². The lowest BCUT2D eigenvalue weighted by atomic mass is 10.1. The van der Waals surface area contributed by atoms with Crippen molar-refractivity contribution in [3.05, 3.63) is 111 Å². The lowest BCUT2D eigenvalue weighted by molar-refractivity contribution is -0.479. The molecule has 1 atom stereocenters. The third-order valence-corrected chi connectivity index (χ3v) is 6.79. The molecule has 0 bridgehead atoms. The molecule has 0 amide bonds. The molecular formula is C26H26N4O3S. The van der Waals surface area contributed by atoms with Crippen LogP contribution in [0.2, 0.25) is 0 Å². The first-order valence-corrected chi connectivity index (χ1v) is 11.8. The number of nitro groups is 1. The van der Waals surface area contributed by atoms with Gasteiger partial charge in [-0.1, -0.05) is 60.3 Å². The maximum Gasteiger partial charge on any atom is 0.220 e. The minimum absolute atomic E-state index is 0.228. The van der Waals surface area contributed by atoms with Gasteiger partial charge in [-0.25, -0.2) is 0 Å². The topological polar surface area (TPSA) is 83.1 Å². The van der Waals surface area contributed by atoms with Gasteiger partial charge in [0.05, 0.1) is 0 Å². The Morgan fingerprint density at radius 2 is 1.71 bits per heavy atom. The van der Waals surface area contributed by atoms with Gasteiger partial charge in [0, 0.05) is 10.6 Å². The van der Waals surface area contributed by atoms with E-state index in [0.29, 0.717) is 17.5 Å². The molecule has 0 saturated carbocycles. The van der Waals surface area contributed by atoms with Crippen LogP contribution in [0.5, 0.6) is 5.75 Å². The van der Waals surface area contributed by atoms with Crippen LogP contribution >= 0.6 is 11.8 Å². The Morgan fingerprint density at radius 3 is 2.38 bits per heavy atom. The van der Waals surface area contributed by atoms with Gasteiger partial charge in [0.1, 0.15) is 23.4 Å². The summed E-state index contributed by atoms with van der Waals surface area (Å²) in [5.74, 6) is 1.45. The van der Waals surface area contributed by atoms with E-state index < -0.39 is 5.25 Å². The summed E-state index contributed by atoms with van der Waals surface area (Å²) in [5, 5.41) is 20.2. The average Bonchev–Trinajstić information content (AvgIpc) is 3.19. The van der Waals surface area contributed by atoms with Gasteiger partial charge in [0.25, 0.3) is 0 Å². The molecule has 8 heteroatoms. The van der Waals surface area contributed by atoms with Crippen molar-refractivity contribution in [1.29, 1.82) is 0 Å². The Balaban J connectivity index is 1.55. The molecule has 174 valence electrons. The second-order valence-corrected chi connectivity index (χ2v) is 9.27. The van der Waals surface area contributed by atoms with Crippen LogP contribution in [-0.4, -0.2) is 26.2 Å². The number of benzene rings is 3. The number of hydrogen-bond donors (Lipinski definition) is 0. The largest absolute Gasteiger partial charge is 0.489 e. The molecule has 1 aromatic heterocycles. The van der Waals surface area contributed by atoms with Crippen molar-refractivity contribution in [3.63, 3.8) is 0 Å². The zero-order chi connectivity index (χ0) is 24.1. The van der Waals surface area contributed by atoms with Crippen LogP contribution in [0.25, 0.3) is 5.69 Å². The van der Waals surface area contributed by atoms with Gasteiger partial charge in [0.15, 0.2) is 5.16 Å². The first-order chi connectivity index (χ1) is 16.4. The molecule has 1 heterocycles. The van der Waals surface area contributed by atoms with E-state index in [4.69, 9.17) is 4.74 Å². The Labute approximate surface area is 203 Å². The monoisotopic (exact) mass is 474 g/mol. The highest BCUT2D eigenvalue weighted by molar-refractivity contribution is 7.99. The highest BCUT2D eigenvalue weighted by atomic mass is 32.2. The van der Waals surface area contributed by atoms with Gasteiger partial charge in [-0.3, -0.25) is 14.7 Å². The number of rotatable bonds is 9. The van der Waals surface area contributed by atoms with Crippen LogP contribution in [0, 0.1) is 30.9 Å². The van der Waals surface area contributed by atoms with Crippen molar-refractivity contribution in [3.8, 4) is 11.4 Å². The van der Waals surface area contributed by atoms with Gasteiger partial charge in [-0.15, -0.1) is 10.2 Å². The molecule has 0 N–H and O–H groups in total. The predicted octanol–water partition coefficient (Wildman–Crippen LogP) is 5.88. The van der Waals surface area contributed by atoms with Crippen molar-refractivity contribution < 1.29 is 9.66 Å². The Morgan fingerprint density at radius 1 is 0.971 bits per heavy atom. The quantitative estimate of drug-likeness (QED) is 0.171. The van der Waals surface area contributed by atoms with Crippen LogP contribution in [0.15, 0.2) is 78.0 Å². The number of hydrogen-bond acceptors (Lipinski definition) is 6. The van der Waals surface area contributed by atoms with Crippen molar-refractivity contribution in [1.82, 2.24) is 14.8 Å². The number of aromatic nitrogens is 3. The number of aryl methyl sites for hydroxylation is 3. The molecule has 0 unspecified atom stereocenters. The third-order valence-electron chi connectivity index (χ3n) is 5.61. The standard InChI is InChI=1S/C26H26N4O3S/c1-18-9-12-23(15-19(18)2)30-20(3)27-28-26(30)34-25(16-29(31)32)22-10-13-24(14-11-22)33-17-21-7-5-4-6-8-21/h4-15,25H,16-17H2,1-3H3/t25-/m0/s1. The van der Waals surface area contributed by atoms with E-state index in [9.17, 15) is 10.1 Å². The number of nitrogens with zero attached hydrogens (tertiary/aromatic N) is 4. The van der Waals surface area contributed by atoms with E-state index in [1.54, 1.807) is 0 Å². The second kappa shape index (κ2) is 10.5. The summed E-state index contributed by atoms with van der Waals surface area (Å²) >= 11 is 1.35. The van der Waals surface area contributed by atoms with Gasteiger partial charge in [-0.2, -0.15) is 0 Å². The van der Waals surface area contributed by atoms with E-state index in [2.05, 4.69) is 36.2 Å². The molecule has 0 fully saturated rings. The summed E-state index contributed by atoms with van der Waals surface area (Å²) in [5.41, 5.74) is 5.21. The van der Waals surface area contributed by atoms with E-state index in [1.165, 1.54) is 17.3 Å². The maximum atomic E-state index is 11.5.